The summed E-state index contributed by atoms with van der Waals surface area (Å²) in [6.45, 7) is 9.75. The molecule has 0 aromatic heterocycles. The lowest BCUT2D eigenvalue weighted by Crippen LogP contribution is -2.32. The minimum atomic E-state index is 0.360. The second kappa shape index (κ2) is 5.53. The maximum absolute atomic E-state index is 11.7. The highest BCUT2D eigenvalue weighted by Crippen LogP contribution is 2.27. The first kappa shape index (κ1) is 12.5. The van der Waals surface area contributed by atoms with E-state index in [4.69, 9.17) is 0 Å². The predicted molar refractivity (Wildman–Crippen MR) is 63.6 cm³/mol. The summed E-state index contributed by atoms with van der Waals surface area (Å²) in [7, 11) is 0. The summed E-state index contributed by atoms with van der Waals surface area (Å²) >= 11 is 0. The summed E-state index contributed by atoms with van der Waals surface area (Å²) in [5.74, 6) is 1.75. The molecule has 1 unspecified atom stereocenters. The van der Waals surface area contributed by atoms with Crippen molar-refractivity contribution >= 4 is 5.91 Å². The zero-order chi connectivity index (χ0) is 11.4. The molecule has 1 aliphatic heterocycles. The van der Waals surface area contributed by atoms with Crippen LogP contribution in [0.5, 0.6) is 0 Å². The average molecular weight is 211 g/mol. The van der Waals surface area contributed by atoms with E-state index in [2.05, 4.69) is 27.7 Å². The molecule has 88 valence electrons. The molecule has 0 N–H and O–H groups in total. The number of amides is 1. The van der Waals surface area contributed by atoms with E-state index in [1.165, 1.54) is 19.3 Å². The summed E-state index contributed by atoms with van der Waals surface area (Å²) < 4.78 is 0. The Hall–Kier alpha value is -0.530. The van der Waals surface area contributed by atoms with E-state index in [0.717, 1.165) is 18.9 Å². The van der Waals surface area contributed by atoms with Crippen molar-refractivity contribution in [2.24, 2.45) is 11.8 Å². The molecular formula is C13H25NO. The Labute approximate surface area is 94.0 Å². The predicted octanol–water partition coefficient (Wildman–Crippen LogP) is 3.07. The van der Waals surface area contributed by atoms with Crippen molar-refractivity contribution in [1.82, 2.24) is 4.90 Å². The Bertz CT molecular complexity index is 213. The topological polar surface area (TPSA) is 20.3 Å². The molecule has 0 saturated carbocycles. The van der Waals surface area contributed by atoms with Crippen LogP contribution < -0.4 is 0 Å². The maximum atomic E-state index is 11.7. The molecule has 1 amide bonds. The Balaban J connectivity index is 2.38. The SMILES string of the molecule is CCCC(C)C[C@H]1CC(=O)N(C(C)C)C1. The van der Waals surface area contributed by atoms with E-state index >= 15 is 0 Å². The van der Waals surface area contributed by atoms with Gasteiger partial charge in [-0.25, -0.2) is 0 Å². The van der Waals surface area contributed by atoms with Crippen LogP contribution in [-0.4, -0.2) is 23.4 Å². The fraction of sp³-hybridized carbons (Fsp3) is 0.923. The highest BCUT2D eigenvalue weighted by Gasteiger charge is 2.31. The van der Waals surface area contributed by atoms with E-state index < -0.39 is 0 Å². The summed E-state index contributed by atoms with van der Waals surface area (Å²) in [6.07, 6.45) is 4.57. The monoisotopic (exact) mass is 211 g/mol. The standard InChI is InChI=1S/C13H25NO/c1-5-6-11(4)7-12-8-13(15)14(9-12)10(2)3/h10-12H,5-9H2,1-4H3/t11?,12-/m0/s1. The van der Waals surface area contributed by atoms with Gasteiger partial charge in [-0.15, -0.1) is 0 Å². The molecule has 2 atom stereocenters. The van der Waals surface area contributed by atoms with Crippen molar-refractivity contribution < 1.29 is 4.79 Å². The Morgan fingerprint density at radius 3 is 2.53 bits per heavy atom. The molecule has 1 aliphatic rings. The third kappa shape index (κ3) is 3.51. The molecule has 0 bridgehead atoms. The van der Waals surface area contributed by atoms with E-state index in [9.17, 15) is 4.79 Å². The van der Waals surface area contributed by atoms with Gasteiger partial charge in [0.15, 0.2) is 0 Å². The zero-order valence-corrected chi connectivity index (χ0v) is 10.6. The summed E-state index contributed by atoms with van der Waals surface area (Å²) in [5.41, 5.74) is 0. The van der Waals surface area contributed by atoms with Gasteiger partial charge >= 0.3 is 0 Å². The first-order valence-corrected chi connectivity index (χ1v) is 6.34. The molecule has 1 fully saturated rings. The molecule has 0 aromatic rings. The fourth-order valence-corrected chi connectivity index (χ4v) is 2.65. The number of carbonyl (C=O) groups is 1. The molecule has 2 heteroatoms. The second-order valence-corrected chi connectivity index (χ2v) is 5.34. The summed E-state index contributed by atoms with van der Waals surface area (Å²) in [6, 6.07) is 0.379. The van der Waals surface area contributed by atoms with Gasteiger partial charge in [0.05, 0.1) is 0 Å². The quantitative estimate of drug-likeness (QED) is 0.684. The highest BCUT2D eigenvalue weighted by molar-refractivity contribution is 5.78. The number of carbonyl (C=O) groups excluding carboxylic acids is 1. The molecule has 0 aliphatic carbocycles. The van der Waals surface area contributed by atoms with E-state index in [1.807, 2.05) is 4.90 Å². The Kier molecular flexibility index (Phi) is 4.62. The zero-order valence-electron chi connectivity index (χ0n) is 10.6. The van der Waals surface area contributed by atoms with Gasteiger partial charge in [0.1, 0.15) is 0 Å². The van der Waals surface area contributed by atoms with Gasteiger partial charge < -0.3 is 4.90 Å². The number of rotatable bonds is 5. The van der Waals surface area contributed by atoms with E-state index in [0.29, 0.717) is 17.9 Å². The third-order valence-corrected chi connectivity index (χ3v) is 3.38. The largest absolute Gasteiger partial charge is 0.340 e. The number of nitrogens with zero attached hydrogens (tertiary/aromatic N) is 1. The maximum Gasteiger partial charge on any atom is 0.223 e. The van der Waals surface area contributed by atoms with Crippen molar-refractivity contribution in [2.45, 2.75) is 59.4 Å². The molecule has 0 aromatic carbocycles. The molecule has 0 spiro atoms. The molecular weight excluding hydrogens is 186 g/mol. The van der Waals surface area contributed by atoms with Crippen LogP contribution in [0.15, 0.2) is 0 Å². The lowest BCUT2D eigenvalue weighted by Gasteiger charge is -2.21. The fourth-order valence-electron chi connectivity index (χ4n) is 2.65. The number of hydrogen-bond donors (Lipinski definition) is 0. The van der Waals surface area contributed by atoms with Gasteiger partial charge in [-0.3, -0.25) is 4.79 Å². The van der Waals surface area contributed by atoms with Gasteiger partial charge in [0, 0.05) is 19.0 Å². The minimum Gasteiger partial charge on any atom is -0.340 e. The van der Waals surface area contributed by atoms with Crippen LogP contribution in [0.1, 0.15) is 53.4 Å². The van der Waals surface area contributed by atoms with Crippen LogP contribution in [0, 0.1) is 11.8 Å². The van der Waals surface area contributed by atoms with Crippen molar-refractivity contribution in [3.05, 3.63) is 0 Å². The molecule has 1 saturated heterocycles. The lowest BCUT2D eigenvalue weighted by atomic mass is 9.92. The second-order valence-electron chi connectivity index (χ2n) is 5.34. The van der Waals surface area contributed by atoms with Crippen LogP contribution in [0.25, 0.3) is 0 Å². The van der Waals surface area contributed by atoms with Gasteiger partial charge in [-0.2, -0.15) is 0 Å². The number of hydrogen-bond acceptors (Lipinski definition) is 1. The third-order valence-electron chi connectivity index (χ3n) is 3.38. The van der Waals surface area contributed by atoms with Crippen LogP contribution in [0.4, 0.5) is 0 Å². The minimum absolute atomic E-state index is 0.360. The van der Waals surface area contributed by atoms with Crippen LogP contribution >= 0.6 is 0 Å². The van der Waals surface area contributed by atoms with Crippen molar-refractivity contribution in [1.29, 1.82) is 0 Å². The highest BCUT2D eigenvalue weighted by atomic mass is 16.2. The normalized spacial score (nSPS) is 23.9. The van der Waals surface area contributed by atoms with Gasteiger partial charge in [0.25, 0.3) is 0 Å². The Morgan fingerprint density at radius 2 is 2.07 bits per heavy atom. The first-order chi connectivity index (χ1) is 7.04. The first-order valence-electron chi connectivity index (χ1n) is 6.34. The average Bonchev–Trinajstić information content (AvgIpc) is 2.47. The summed E-state index contributed by atoms with van der Waals surface area (Å²) in [4.78, 5) is 13.7. The number of likely N-dealkylation sites (tertiary alicyclic amines) is 1. The van der Waals surface area contributed by atoms with Crippen LogP contribution in [0.3, 0.4) is 0 Å². The lowest BCUT2D eigenvalue weighted by molar-refractivity contribution is -0.129. The van der Waals surface area contributed by atoms with Crippen molar-refractivity contribution in [2.75, 3.05) is 6.54 Å². The molecule has 0 radical (unpaired) electrons. The van der Waals surface area contributed by atoms with Gasteiger partial charge in [-0.05, 0) is 32.1 Å². The molecule has 15 heavy (non-hydrogen) atoms. The van der Waals surface area contributed by atoms with Gasteiger partial charge in [-0.1, -0.05) is 26.7 Å². The van der Waals surface area contributed by atoms with E-state index in [1.54, 1.807) is 0 Å². The van der Waals surface area contributed by atoms with Crippen molar-refractivity contribution in [3.8, 4) is 0 Å². The smallest absolute Gasteiger partial charge is 0.223 e. The Morgan fingerprint density at radius 1 is 1.40 bits per heavy atom. The molecule has 1 heterocycles. The van der Waals surface area contributed by atoms with E-state index in [-0.39, 0.29) is 0 Å². The molecule has 1 rings (SSSR count). The van der Waals surface area contributed by atoms with Gasteiger partial charge in [0.2, 0.25) is 5.91 Å². The molecule has 2 nitrogen and oxygen atoms in total. The van der Waals surface area contributed by atoms with Crippen LogP contribution in [0.2, 0.25) is 0 Å². The van der Waals surface area contributed by atoms with Crippen molar-refractivity contribution in [3.63, 3.8) is 0 Å². The van der Waals surface area contributed by atoms with Crippen LogP contribution in [-0.2, 0) is 4.79 Å². The summed E-state index contributed by atoms with van der Waals surface area (Å²) in [5, 5.41) is 0.